The van der Waals surface area contributed by atoms with Gasteiger partial charge in [-0.1, -0.05) is 42.9 Å². The normalized spacial score (nSPS) is 30.4. The molecule has 12 heavy (non-hydrogen) atoms. The van der Waals surface area contributed by atoms with E-state index in [0.717, 1.165) is 5.57 Å². The molecule has 1 aliphatic rings. The molecular weight excluding hydrogens is 148 g/mol. The summed E-state index contributed by atoms with van der Waals surface area (Å²) in [5.41, 5.74) is 0.858. The summed E-state index contributed by atoms with van der Waals surface area (Å²) >= 11 is 0. The quantitative estimate of drug-likeness (QED) is 0.611. The molecule has 1 atom stereocenters. The van der Waals surface area contributed by atoms with Crippen molar-refractivity contribution in [2.24, 2.45) is 5.41 Å². The fourth-order valence-electron chi connectivity index (χ4n) is 1.19. The first-order valence-corrected chi connectivity index (χ1v) is 4.12. The number of allylic oxidation sites excluding steroid dienone is 4. The van der Waals surface area contributed by atoms with Gasteiger partial charge in [-0.05, 0) is 6.92 Å². The standard InChI is InChI=1S/C11H16O/c1-10-5-4-7-11(2,8-6-10)9-12-3/h4-8H,9H2,1-3H3/i6D. The first-order valence-electron chi connectivity index (χ1n) is 4.62. The van der Waals surface area contributed by atoms with Crippen molar-refractivity contribution >= 4 is 0 Å². The summed E-state index contributed by atoms with van der Waals surface area (Å²) < 4.78 is 12.9. The van der Waals surface area contributed by atoms with Crippen LogP contribution in [0.15, 0.2) is 35.9 Å². The van der Waals surface area contributed by atoms with Crippen molar-refractivity contribution in [3.63, 3.8) is 0 Å². The maximum atomic E-state index is 7.75. The van der Waals surface area contributed by atoms with E-state index in [2.05, 4.69) is 13.0 Å². The highest BCUT2D eigenvalue weighted by molar-refractivity contribution is 5.29. The minimum atomic E-state index is -0.139. The Labute approximate surface area is 75.8 Å². The van der Waals surface area contributed by atoms with Gasteiger partial charge in [-0.3, -0.25) is 0 Å². The topological polar surface area (TPSA) is 9.23 Å². The van der Waals surface area contributed by atoms with Crippen LogP contribution in [-0.4, -0.2) is 13.7 Å². The van der Waals surface area contributed by atoms with E-state index in [4.69, 9.17) is 6.11 Å². The van der Waals surface area contributed by atoms with E-state index in [-0.39, 0.29) is 5.41 Å². The Hall–Kier alpha value is -0.820. The molecule has 0 aromatic carbocycles. The van der Waals surface area contributed by atoms with Crippen molar-refractivity contribution in [2.75, 3.05) is 13.7 Å². The van der Waals surface area contributed by atoms with Gasteiger partial charge in [0, 0.05) is 12.5 Å². The number of hydrogen-bond acceptors (Lipinski definition) is 1. The van der Waals surface area contributed by atoms with Crippen LogP contribution in [0.25, 0.3) is 0 Å². The van der Waals surface area contributed by atoms with Crippen LogP contribution in [0.4, 0.5) is 0 Å². The van der Waals surface area contributed by atoms with Gasteiger partial charge in [0.05, 0.1) is 7.98 Å². The van der Waals surface area contributed by atoms with E-state index >= 15 is 0 Å². The summed E-state index contributed by atoms with van der Waals surface area (Å²) in [6.07, 6.45) is 7.96. The van der Waals surface area contributed by atoms with Crippen LogP contribution < -0.4 is 0 Å². The zero-order valence-electron chi connectivity index (χ0n) is 8.92. The molecule has 0 heterocycles. The summed E-state index contributed by atoms with van der Waals surface area (Å²) in [6.45, 7) is 4.63. The largest absolute Gasteiger partial charge is 0.383 e. The number of methoxy groups -OCH3 is 1. The van der Waals surface area contributed by atoms with Gasteiger partial charge in [-0.15, -0.1) is 0 Å². The predicted molar refractivity (Wildman–Crippen MR) is 52.0 cm³/mol. The molecule has 0 aromatic heterocycles. The third-order valence-electron chi connectivity index (χ3n) is 1.91. The molecule has 0 spiro atoms. The van der Waals surface area contributed by atoms with Crippen LogP contribution in [0.5, 0.6) is 0 Å². The lowest BCUT2D eigenvalue weighted by molar-refractivity contribution is 0.147. The van der Waals surface area contributed by atoms with Crippen LogP contribution >= 0.6 is 0 Å². The Bertz CT molecular complexity index is 276. The summed E-state index contributed by atoms with van der Waals surface area (Å²) in [6, 6.07) is 0.588. The molecule has 1 rings (SSSR count). The first kappa shape index (κ1) is 7.81. The minimum Gasteiger partial charge on any atom is -0.383 e. The average Bonchev–Trinajstić information content (AvgIpc) is 2.13. The molecule has 0 aromatic rings. The van der Waals surface area contributed by atoms with Gasteiger partial charge in [-0.25, -0.2) is 0 Å². The highest BCUT2D eigenvalue weighted by Gasteiger charge is 2.17. The van der Waals surface area contributed by atoms with Gasteiger partial charge in [-0.2, -0.15) is 0 Å². The zero-order chi connectivity index (χ0) is 9.90. The Balaban J connectivity index is 2.93. The van der Waals surface area contributed by atoms with E-state index in [1.54, 1.807) is 7.11 Å². The molecule has 0 bridgehead atoms. The maximum Gasteiger partial charge on any atom is 0.0622 e. The third-order valence-corrected chi connectivity index (χ3v) is 1.91. The van der Waals surface area contributed by atoms with Crippen LogP contribution in [0, 0.1) is 5.41 Å². The molecule has 1 unspecified atom stereocenters. The van der Waals surface area contributed by atoms with E-state index in [0.29, 0.717) is 12.7 Å². The first-order chi connectivity index (χ1) is 6.07. The lowest BCUT2D eigenvalue weighted by Crippen LogP contribution is -2.16. The monoisotopic (exact) mass is 165 g/mol. The fourth-order valence-corrected chi connectivity index (χ4v) is 1.19. The highest BCUT2D eigenvalue weighted by atomic mass is 16.5. The van der Waals surface area contributed by atoms with Crippen molar-refractivity contribution < 1.29 is 6.11 Å². The van der Waals surface area contributed by atoms with E-state index in [1.807, 2.05) is 25.2 Å². The second kappa shape index (κ2) is 3.72. The van der Waals surface area contributed by atoms with Gasteiger partial charge in [0.25, 0.3) is 0 Å². The second-order valence-corrected chi connectivity index (χ2v) is 3.44. The Morgan fingerprint density at radius 1 is 1.58 bits per heavy atom. The van der Waals surface area contributed by atoms with E-state index < -0.39 is 0 Å². The van der Waals surface area contributed by atoms with Crippen LogP contribution in [0.1, 0.15) is 15.2 Å². The maximum absolute atomic E-state index is 7.75. The number of hydrogen-bond donors (Lipinski definition) is 0. The number of ether oxygens (including phenoxy) is 1. The molecule has 0 saturated carbocycles. The Morgan fingerprint density at radius 2 is 2.33 bits per heavy atom. The summed E-state index contributed by atoms with van der Waals surface area (Å²) in [4.78, 5) is 0. The molecule has 0 N–H and O–H groups in total. The fraction of sp³-hybridized carbons (Fsp3) is 0.455. The Kier molecular flexibility index (Phi) is 2.42. The lowest BCUT2D eigenvalue weighted by atomic mass is 9.91. The van der Waals surface area contributed by atoms with Crippen molar-refractivity contribution in [1.82, 2.24) is 0 Å². The van der Waals surface area contributed by atoms with Crippen molar-refractivity contribution in [1.29, 1.82) is 0 Å². The summed E-state index contributed by atoms with van der Waals surface area (Å²) in [5, 5.41) is 0. The lowest BCUT2D eigenvalue weighted by Gasteiger charge is -2.19. The van der Waals surface area contributed by atoms with E-state index in [9.17, 15) is 0 Å². The smallest absolute Gasteiger partial charge is 0.0622 e. The predicted octanol–water partition coefficient (Wildman–Crippen LogP) is 2.71. The van der Waals surface area contributed by atoms with Gasteiger partial charge in [0.15, 0.2) is 0 Å². The van der Waals surface area contributed by atoms with E-state index in [1.165, 1.54) is 0 Å². The molecule has 1 heteroatoms. The molecule has 66 valence electrons. The van der Waals surface area contributed by atoms with Crippen LogP contribution in [-0.2, 0) is 4.74 Å². The third kappa shape index (κ3) is 2.35. The summed E-state index contributed by atoms with van der Waals surface area (Å²) in [5.74, 6) is 0. The molecule has 0 aliphatic heterocycles. The molecule has 0 fully saturated rings. The van der Waals surface area contributed by atoms with Gasteiger partial charge >= 0.3 is 0 Å². The second-order valence-electron chi connectivity index (χ2n) is 3.44. The average molecular weight is 165 g/mol. The number of rotatable bonds is 2. The molecule has 0 radical (unpaired) electrons. The molecule has 0 saturated heterocycles. The highest BCUT2D eigenvalue weighted by Crippen LogP contribution is 2.23. The van der Waals surface area contributed by atoms with Crippen molar-refractivity contribution in [2.45, 2.75) is 13.8 Å². The molecule has 0 amide bonds. The van der Waals surface area contributed by atoms with Gasteiger partial charge in [0.2, 0.25) is 0 Å². The molecule has 1 nitrogen and oxygen atoms in total. The van der Waals surface area contributed by atoms with Crippen molar-refractivity contribution in [3.8, 4) is 0 Å². The van der Waals surface area contributed by atoms with Gasteiger partial charge in [0.1, 0.15) is 0 Å². The Morgan fingerprint density at radius 3 is 3.00 bits per heavy atom. The van der Waals surface area contributed by atoms with Crippen LogP contribution in [0.2, 0.25) is 0 Å². The molecular formula is C11H16O. The van der Waals surface area contributed by atoms with Gasteiger partial charge < -0.3 is 4.74 Å². The molecule has 1 aliphatic carbocycles. The van der Waals surface area contributed by atoms with Crippen LogP contribution in [0.3, 0.4) is 0 Å². The van der Waals surface area contributed by atoms with Crippen molar-refractivity contribution in [3.05, 3.63) is 35.9 Å². The zero-order valence-corrected chi connectivity index (χ0v) is 7.92. The summed E-state index contributed by atoms with van der Waals surface area (Å²) in [7, 11) is 1.68. The minimum absolute atomic E-state index is 0.139. The SMILES string of the molecule is [2H]C1=CC(C)(COC)C=CC=C1C.